The summed E-state index contributed by atoms with van der Waals surface area (Å²) in [5, 5.41) is 6.57. The highest BCUT2D eigenvalue weighted by Crippen LogP contribution is 2.38. The lowest BCUT2D eigenvalue weighted by Gasteiger charge is -2.09. The summed E-state index contributed by atoms with van der Waals surface area (Å²) in [7, 11) is 0. The minimum Gasteiger partial charge on any atom is -0.322 e. The quantitative estimate of drug-likeness (QED) is 0.230. The van der Waals surface area contributed by atoms with Crippen molar-refractivity contribution in [3.8, 4) is 11.1 Å². The van der Waals surface area contributed by atoms with E-state index in [0.717, 1.165) is 27.4 Å². The van der Waals surface area contributed by atoms with Crippen LogP contribution in [0.2, 0.25) is 5.02 Å². The van der Waals surface area contributed by atoms with Crippen LogP contribution in [0.4, 0.5) is 14.5 Å². The molecule has 2 aromatic carbocycles. The SMILES string of the molecule is O=C(CSc1ncnc2scc(-c3ccc(Cl)cc3)c12)Nc1c(F)cc(F)cc1Br. The van der Waals surface area contributed by atoms with Gasteiger partial charge >= 0.3 is 0 Å². The van der Waals surface area contributed by atoms with Gasteiger partial charge in [-0.1, -0.05) is 35.5 Å². The minimum absolute atomic E-state index is 0.00866. The lowest BCUT2D eigenvalue weighted by molar-refractivity contribution is -0.113. The standard InChI is InChI=1S/C20H11BrClF2N3OS2/c21-14-5-12(23)6-15(24)18(14)27-16(28)8-30-20-17-13(7-29-19(17)25-9-26-20)10-1-3-11(22)4-2-10/h1-7,9H,8H2,(H,27,28). The molecule has 152 valence electrons. The summed E-state index contributed by atoms with van der Waals surface area (Å²) in [6.07, 6.45) is 1.45. The fraction of sp³-hybridized carbons (Fsp3) is 0.0500. The number of fused-ring (bicyclic) bond motifs is 1. The van der Waals surface area contributed by atoms with Gasteiger partial charge in [-0.05, 0) is 39.7 Å². The van der Waals surface area contributed by atoms with Crippen LogP contribution in [0, 0.1) is 11.6 Å². The summed E-state index contributed by atoms with van der Waals surface area (Å²) >= 11 is 11.7. The second-order valence-electron chi connectivity index (χ2n) is 6.10. The summed E-state index contributed by atoms with van der Waals surface area (Å²) in [5.74, 6) is -2.04. The van der Waals surface area contributed by atoms with E-state index >= 15 is 0 Å². The van der Waals surface area contributed by atoms with E-state index in [4.69, 9.17) is 11.6 Å². The number of aromatic nitrogens is 2. The molecule has 0 radical (unpaired) electrons. The van der Waals surface area contributed by atoms with Crippen molar-refractivity contribution in [2.45, 2.75) is 5.03 Å². The highest BCUT2D eigenvalue weighted by Gasteiger charge is 2.17. The predicted molar refractivity (Wildman–Crippen MR) is 121 cm³/mol. The van der Waals surface area contributed by atoms with Crippen LogP contribution in [0.15, 0.2) is 57.6 Å². The third kappa shape index (κ3) is 4.49. The Balaban J connectivity index is 1.57. The van der Waals surface area contributed by atoms with Crippen molar-refractivity contribution in [1.29, 1.82) is 0 Å². The van der Waals surface area contributed by atoms with Crippen LogP contribution < -0.4 is 5.32 Å². The van der Waals surface area contributed by atoms with E-state index < -0.39 is 17.5 Å². The average Bonchev–Trinajstić information content (AvgIpc) is 3.14. The van der Waals surface area contributed by atoms with E-state index in [0.29, 0.717) is 16.1 Å². The molecule has 0 atom stereocenters. The Bertz CT molecular complexity index is 1230. The zero-order chi connectivity index (χ0) is 21.3. The molecule has 0 fully saturated rings. The van der Waals surface area contributed by atoms with Crippen molar-refractivity contribution in [3.63, 3.8) is 0 Å². The first-order valence-corrected chi connectivity index (χ1v) is 11.5. The van der Waals surface area contributed by atoms with Crippen LogP contribution in [-0.2, 0) is 4.79 Å². The molecule has 0 aliphatic carbocycles. The molecule has 0 spiro atoms. The molecule has 1 amide bonds. The molecular formula is C20H11BrClF2N3OS2. The average molecular weight is 527 g/mol. The number of anilines is 1. The van der Waals surface area contributed by atoms with Crippen molar-refractivity contribution < 1.29 is 13.6 Å². The second-order valence-corrected chi connectivity index (χ2v) is 9.21. The molecule has 0 saturated carbocycles. The predicted octanol–water partition coefficient (Wildman–Crippen LogP) is 6.78. The number of amides is 1. The number of carbonyl (C=O) groups excluding carboxylic acids is 1. The molecule has 0 saturated heterocycles. The fourth-order valence-corrected chi connectivity index (χ4v) is 5.20. The van der Waals surface area contributed by atoms with Gasteiger partial charge in [-0.15, -0.1) is 11.3 Å². The topological polar surface area (TPSA) is 54.9 Å². The van der Waals surface area contributed by atoms with Crippen LogP contribution in [-0.4, -0.2) is 21.6 Å². The number of thioether (sulfide) groups is 1. The lowest BCUT2D eigenvalue weighted by atomic mass is 10.1. The van der Waals surface area contributed by atoms with E-state index in [1.54, 1.807) is 12.1 Å². The van der Waals surface area contributed by atoms with E-state index in [-0.39, 0.29) is 15.9 Å². The summed E-state index contributed by atoms with van der Waals surface area (Å²) in [6, 6.07) is 9.23. The van der Waals surface area contributed by atoms with E-state index in [9.17, 15) is 13.6 Å². The zero-order valence-corrected chi connectivity index (χ0v) is 18.9. The molecule has 0 aliphatic rings. The number of hydrogen-bond acceptors (Lipinski definition) is 5. The van der Waals surface area contributed by atoms with Crippen LogP contribution >= 0.6 is 50.6 Å². The number of nitrogens with zero attached hydrogens (tertiary/aromatic N) is 2. The van der Waals surface area contributed by atoms with Gasteiger partial charge in [-0.3, -0.25) is 4.79 Å². The summed E-state index contributed by atoms with van der Waals surface area (Å²) < 4.78 is 27.3. The minimum atomic E-state index is -0.854. The molecule has 2 aromatic heterocycles. The first-order chi connectivity index (χ1) is 14.4. The second kappa shape index (κ2) is 8.97. The molecule has 10 heteroatoms. The maximum Gasteiger partial charge on any atom is 0.234 e. The van der Waals surface area contributed by atoms with E-state index in [2.05, 4.69) is 31.2 Å². The van der Waals surface area contributed by atoms with Gasteiger partial charge in [0, 0.05) is 26.5 Å². The Morgan fingerprint density at radius 1 is 1.20 bits per heavy atom. The van der Waals surface area contributed by atoms with Gasteiger partial charge in [0.05, 0.1) is 16.8 Å². The lowest BCUT2D eigenvalue weighted by Crippen LogP contribution is -2.15. The molecule has 1 N–H and O–H groups in total. The van der Waals surface area contributed by atoms with E-state index in [1.807, 2.05) is 17.5 Å². The monoisotopic (exact) mass is 525 g/mol. The van der Waals surface area contributed by atoms with Gasteiger partial charge in [0.15, 0.2) is 5.82 Å². The third-order valence-corrected chi connectivity index (χ3v) is 6.86. The third-order valence-electron chi connectivity index (χ3n) is 4.10. The molecule has 4 nitrogen and oxygen atoms in total. The van der Waals surface area contributed by atoms with Gasteiger partial charge in [0.2, 0.25) is 5.91 Å². The van der Waals surface area contributed by atoms with Crippen molar-refractivity contribution in [3.05, 3.63) is 69.2 Å². The van der Waals surface area contributed by atoms with Gasteiger partial charge < -0.3 is 5.32 Å². The van der Waals surface area contributed by atoms with Crippen LogP contribution in [0.1, 0.15) is 0 Å². The first-order valence-electron chi connectivity index (χ1n) is 8.47. The maximum atomic E-state index is 14.0. The molecular weight excluding hydrogens is 516 g/mol. The molecule has 2 heterocycles. The van der Waals surface area contributed by atoms with Gasteiger partial charge in [-0.25, -0.2) is 18.7 Å². The molecule has 30 heavy (non-hydrogen) atoms. The Kier molecular flexibility index (Phi) is 6.33. The summed E-state index contributed by atoms with van der Waals surface area (Å²) in [5.41, 5.74) is 1.80. The number of thiophene rings is 1. The van der Waals surface area contributed by atoms with Crippen LogP contribution in [0.3, 0.4) is 0 Å². The summed E-state index contributed by atoms with van der Waals surface area (Å²) in [4.78, 5) is 21.8. The molecule has 0 aliphatic heterocycles. The highest BCUT2D eigenvalue weighted by molar-refractivity contribution is 9.10. The highest BCUT2D eigenvalue weighted by atomic mass is 79.9. The Morgan fingerprint density at radius 3 is 2.70 bits per heavy atom. The number of benzene rings is 2. The Morgan fingerprint density at radius 2 is 1.97 bits per heavy atom. The Hall–Kier alpha value is -2.07. The van der Waals surface area contributed by atoms with Gasteiger partial charge in [0.1, 0.15) is 22.0 Å². The molecule has 0 unspecified atom stereocenters. The number of carbonyl (C=O) groups is 1. The number of hydrogen-bond donors (Lipinski definition) is 1. The number of nitrogens with one attached hydrogen (secondary N) is 1. The molecule has 4 aromatic rings. The normalized spacial score (nSPS) is 11.1. The van der Waals surface area contributed by atoms with Crippen molar-refractivity contribution in [2.75, 3.05) is 11.1 Å². The van der Waals surface area contributed by atoms with Gasteiger partial charge in [0.25, 0.3) is 0 Å². The molecule has 0 bridgehead atoms. The zero-order valence-electron chi connectivity index (χ0n) is 15.0. The van der Waals surface area contributed by atoms with E-state index in [1.165, 1.54) is 29.4 Å². The van der Waals surface area contributed by atoms with Gasteiger partial charge in [-0.2, -0.15) is 0 Å². The maximum absolute atomic E-state index is 14.0. The van der Waals surface area contributed by atoms with Crippen molar-refractivity contribution in [2.24, 2.45) is 0 Å². The molecule has 4 rings (SSSR count). The smallest absolute Gasteiger partial charge is 0.234 e. The largest absolute Gasteiger partial charge is 0.322 e. The summed E-state index contributed by atoms with van der Waals surface area (Å²) in [6.45, 7) is 0. The Labute approximate surface area is 191 Å². The van der Waals surface area contributed by atoms with Crippen molar-refractivity contribution >= 4 is 72.4 Å². The first kappa shape index (κ1) is 21.2. The van der Waals surface area contributed by atoms with Crippen LogP contribution in [0.25, 0.3) is 21.3 Å². The van der Waals surface area contributed by atoms with Crippen molar-refractivity contribution in [1.82, 2.24) is 9.97 Å². The van der Waals surface area contributed by atoms with Crippen LogP contribution in [0.5, 0.6) is 0 Å². The number of rotatable bonds is 5. The number of halogens is 4. The fourth-order valence-electron chi connectivity index (χ4n) is 2.77.